The topological polar surface area (TPSA) is 70.8 Å². The molecular weight excluding hydrogens is 645 g/mol. The molecule has 3 aromatic carbocycles. The molecule has 0 aromatic heterocycles. The van der Waals surface area contributed by atoms with Gasteiger partial charge in [-0.25, -0.2) is 0 Å². The second-order valence-corrected chi connectivity index (χ2v) is 14.0. The highest BCUT2D eigenvalue weighted by atomic mass is 35.5. The van der Waals surface area contributed by atoms with E-state index in [9.17, 15) is 18.0 Å². The first-order chi connectivity index (χ1) is 21.7. The number of hydrogen-bond donors (Lipinski definition) is 2. The van der Waals surface area contributed by atoms with E-state index in [4.69, 9.17) is 10.5 Å². The van der Waals surface area contributed by atoms with Gasteiger partial charge in [0.25, 0.3) is 5.91 Å². The maximum Gasteiger partial charge on any atom is 0.416 e. The first kappa shape index (κ1) is 38.7. The predicted octanol–water partition coefficient (Wildman–Crippen LogP) is 7.27. The van der Waals surface area contributed by atoms with Crippen LogP contribution in [-0.4, -0.2) is 69.3 Å². The SMILES string of the molecule is CC1CN(C)CC(N)(c2ccccc2)C1.COc1cc(C(F)(F)F)cc(SC)c1C(=O)NC1(c2ccccc2)CC(C)CN(C)C1.Cl. The lowest BCUT2D eigenvalue weighted by molar-refractivity contribution is -0.137. The molecule has 2 fully saturated rings. The van der Waals surface area contributed by atoms with Gasteiger partial charge in [0, 0.05) is 31.1 Å². The predicted molar refractivity (Wildman–Crippen MR) is 187 cm³/mol. The number of methoxy groups -OCH3 is 1. The molecule has 47 heavy (non-hydrogen) atoms. The van der Waals surface area contributed by atoms with Gasteiger partial charge in [0.2, 0.25) is 0 Å². The van der Waals surface area contributed by atoms with Crippen molar-refractivity contribution in [3.8, 4) is 5.75 Å². The van der Waals surface area contributed by atoms with Crippen LogP contribution in [0.15, 0.2) is 77.7 Å². The molecule has 0 bridgehead atoms. The Morgan fingerprint density at radius 2 is 1.45 bits per heavy atom. The van der Waals surface area contributed by atoms with Gasteiger partial charge < -0.3 is 25.6 Å². The van der Waals surface area contributed by atoms with Crippen molar-refractivity contribution in [2.45, 2.75) is 48.8 Å². The lowest BCUT2D eigenvalue weighted by Crippen LogP contribution is -2.57. The van der Waals surface area contributed by atoms with E-state index >= 15 is 0 Å². The van der Waals surface area contributed by atoms with Crippen molar-refractivity contribution in [1.82, 2.24) is 15.1 Å². The van der Waals surface area contributed by atoms with Gasteiger partial charge in [0.05, 0.1) is 29.3 Å². The Labute approximate surface area is 288 Å². The average Bonchev–Trinajstić information content (AvgIpc) is 3.00. The molecule has 2 heterocycles. The van der Waals surface area contributed by atoms with Crippen LogP contribution in [0, 0.1) is 11.8 Å². The summed E-state index contributed by atoms with van der Waals surface area (Å²) in [6.45, 7) is 8.04. The maximum atomic E-state index is 13.5. The summed E-state index contributed by atoms with van der Waals surface area (Å²) in [4.78, 5) is 18.2. The van der Waals surface area contributed by atoms with Crippen LogP contribution in [0.2, 0.25) is 0 Å². The number of ether oxygens (including phenoxy) is 1. The number of likely N-dealkylation sites (tertiary alicyclic amines) is 2. The molecule has 2 aliphatic rings. The quantitative estimate of drug-likeness (QED) is 0.265. The molecule has 0 aliphatic carbocycles. The smallest absolute Gasteiger partial charge is 0.416 e. The molecule has 11 heteroatoms. The van der Waals surface area contributed by atoms with Gasteiger partial charge in [0.15, 0.2) is 0 Å². The maximum absolute atomic E-state index is 13.5. The minimum atomic E-state index is -4.53. The van der Waals surface area contributed by atoms with Crippen LogP contribution >= 0.6 is 24.2 Å². The number of hydrogen-bond acceptors (Lipinski definition) is 6. The van der Waals surface area contributed by atoms with E-state index in [-0.39, 0.29) is 34.2 Å². The molecule has 2 saturated heterocycles. The van der Waals surface area contributed by atoms with Crippen LogP contribution in [-0.2, 0) is 17.3 Å². The number of benzene rings is 3. The van der Waals surface area contributed by atoms with Crippen LogP contribution in [0.5, 0.6) is 5.75 Å². The Morgan fingerprint density at radius 1 is 0.915 bits per heavy atom. The van der Waals surface area contributed by atoms with Gasteiger partial charge in [-0.15, -0.1) is 24.2 Å². The molecule has 6 nitrogen and oxygen atoms in total. The highest BCUT2D eigenvalue weighted by molar-refractivity contribution is 7.98. The number of amides is 1. The number of piperidine rings is 2. The number of nitrogens with two attached hydrogens (primary N) is 1. The fraction of sp³-hybridized carbons (Fsp3) is 0.472. The summed E-state index contributed by atoms with van der Waals surface area (Å²) in [5, 5.41) is 3.18. The summed E-state index contributed by atoms with van der Waals surface area (Å²) in [5.41, 5.74) is 7.23. The van der Waals surface area contributed by atoms with Crippen molar-refractivity contribution in [1.29, 1.82) is 0 Å². The van der Waals surface area contributed by atoms with E-state index in [2.05, 4.69) is 60.3 Å². The lowest BCUT2D eigenvalue weighted by atomic mass is 9.78. The summed E-state index contributed by atoms with van der Waals surface area (Å²) in [5.74, 6) is 0.473. The molecule has 5 rings (SSSR count). The Bertz CT molecular complexity index is 1420. The van der Waals surface area contributed by atoms with E-state index in [1.54, 1.807) is 6.26 Å². The Balaban J connectivity index is 0.000000314. The second kappa shape index (κ2) is 16.1. The zero-order valence-electron chi connectivity index (χ0n) is 28.1. The molecule has 1 amide bonds. The summed E-state index contributed by atoms with van der Waals surface area (Å²) in [6, 6.07) is 22.1. The minimum Gasteiger partial charge on any atom is -0.496 e. The summed E-state index contributed by atoms with van der Waals surface area (Å²) >= 11 is 1.09. The normalized spacial score (nSPS) is 25.1. The number of likely N-dealkylation sites (N-methyl/N-ethyl adjacent to an activating group) is 2. The van der Waals surface area contributed by atoms with Crippen molar-refractivity contribution in [3.05, 3.63) is 95.1 Å². The third-order valence-corrected chi connectivity index (χ3v) is 9.60. The van der Waals surface area contributed by atoms with Gasteiger partial charge in [0.1, 0.15) is 5.75 Å². The summed E-state index contributed by atoms with van der Waals surface area (Å²) in [7, 11) is 5.44. The number of nitrogens with zero attached hydrogens (tertiary/aromatic N) is 2. The van der Waals surface area contributed by atoms with E-state index < -0.39 is 23.2 Å². The number of rotatable bonds is 6. The largest absolute Gasteiger partial charge is 0.496 e. The third kappa shape index (κ3) is 9.44. The highest BCUT2D eigenvalue weighted by Gasteiger charge is 2.42. The molecule has 0 saturated carbocycles. The highest BCUT2D eigenvalue weighted by Crippen LogP contribution is 2.40. The zero-order chi connectivity index (χ0) is 33.7. The van der Waals surface area contributed by atoms with Crippen molar-refractivity contribution < 1.29 is 22.7 Å². The van der Waals surface area contributed by atoms with Crippen molar-refractivity contribution in [2.24, 2.45) is 17.6 Å². The Hall–Kier alpha value is -2.76. The number of carbonyl (C=O) groups is 1. The van der Waals surface area contributed by atoms with Crippen LogP contribution < -0.4 is 15.8 Å². The van der Waals surface area contributed by atoms with Crippen molar-refractivity contribution in [3.63, 3.8) is 0 Å². The second-order valence-electron chi connectivity index (χ2n) is 13.2. The van der Waals surface area contributed by atoms with Crippen LogP contribution in [0.1, 0.15) is 53.7 Å². The first-order valence-corrected chi connectivity index (χ1v) is 16.8. The van der Waals surface area contributed by atoms with Gasteiger partial charge >= 0.3 is 6.18 Å². The average molecular weight is 693 g/mol. The monoisotopic (exact) mass is 692 g/mol. The molecule has 4 atom stereocenters. The Kier molecular flexibility index (Phi) is 13.2. The van der Waals surface area contributed by atoms with E-state index in [1.165, 1.54) is 12.7 Å². The van der Waals surface area contributed by atoms with Crippen LogP contribution in [0.25, 0.3) is 0 Å². The molecule has 0 spiro atoms. The zero-order valence-corrected chi connectivity index (χ0v) is 29.7. The van der Waals surface area contributed by atoms with Gasteiger partial charge in [-0.05, 0) is 68.3 Å². The number of carbonyl (C=O) groups excluding carboxylic acids is 1. The molecule has 3 N–H and O–H groups in total. The molecule has 2 aliphatic heterocycles. The van der Waals surface area contributed by atoms with E-state index in [1.807, 2.05) is 43.4 Å². The molecule has 4 unspecified atom stereocenters. The standard InChI is InChI=1S/C23H27F3N2O2S.C13H20N2.ClH/c1-15-12-22(14-28(2)13-15,16-8-6-5-7-9-16)27-21(29)20-18(30-3)10-17(23(24,25)26)11-19(20)31-4;1-11-8-13(14,10-15(2)9-11)12-6-4-3-5-7-12;/h5-11,15H,12-14H2,1-4H3,(H,27,29);3-7,11H,8-10,14H2,1-2H3;1H. The molecule has 3 aromatic rings. The fourth-order valence-corrected chi connectivity index (χ4v) is 7.94. The first-order valence-electron chi connectivity index (χ1n) is 15.6. The van der Waals surface area contributed by atoms with E-state index in [0.29, 0.717) is 18.4 Å². The van der Waals surface area contributed by atoms with E-state index in [0.717, 1.165) is 61.9 Å². The number of thioether (sulfide) groups is 1. The van der Waals surface area contributed by atoms with Gasteiger partial charge in [-0.3, -0.25) is 4.79 Å². The van der Waals surface area contributed by atoms with Crippen LogP contribution in [0.3, 0.4) is 0 Å². The summed E-state index contributed by atoms with van der Waals surface area (Å²) < 4.78 is 45.2. The lowest BCUT2D eigenvalue weighted by Gasteiger charge is -2.45. The minimum absolute atomic E-state index is 0. The van der Waals surface area contributed by atoms with Crippen molar-refractivity contribution in [2.75, 3.05) is 53.6 Å². The summed E-state index contributed by atoms with van der Waals surface area (Å²) in [6.07, 6.45) is -1.07. The van der Waals surface area contributed by atoms with Gasteiger partial charge in [-0.1, -0.05) is 74.5 Å². The Morgan fingerprint density at radius 3 is 1.94 bits per heavy atom. The van der Waals surface area contributed by atoms with Gasteiger partial charge in [-0.2, -0.15) is 13.2 Å². The third-order valence-electron chi connectivity index (χ3n) is 8.84. The molecule has 0 radical (unpaired) electrons. The number of alkyl halides is 3. The van der Waals surface area contributed by atoms with Crippen LogP contribution in [0.4, 0.5) is 13.2 Å². The fourth-order valence-electron chi connectivity index (χ4n) is 7.30. The molecule has 258 valence electrons. The number of nitrogens with one attached hydrogen (secondary N) is 1. The molecular formula is C36H48ClF3N4O2S. The van der Waals surface area contributed by atoms with Crippen molar-refractivity contribution >= 4 is 30.1 Å². The number of halogens is 4.